The fourth-order valence-corrected chi connectivity index (χ4v) is 10.0. The molecule has 0 radical (unpaired) electrons. The molecule has 2 heterocycles. The topological polar surface area (TPSA) is 86.7 Å². The Morgan fingerprint density at radius 3 is 0.933 bits per heavy atom. The number of cyclic esters (lactones) is 4. The maximum Gasteiger partial charge on any atom is 0.316 e. The third kappa shape index (κ3) is 2.06. The number of rotatable bonds is 0. The smallest absolute Gasteiger partial charge is 0.316 e. The molecule has 12 atom stereocenters. The summed E-state index contributed by atoms with van der Waals surface area (Å²) in [6.45, 7) is 0. The first kappa shape index (κ1) is 17.9. The van der Waals surface area contributed by atoms with E-state index in [1.807, 2.05) is 0 Å². The van der Waals surface area contributed by atoms with Crippen molar-refractivity contribution in [2.45, 2.75) is 51.4 Å². The normalized spacial score (nSPS) is 55.7. The minimum absolute atomic E-state index is 0.104. The molecule has 160 valence electrons. The molecule has 0 aromatic heterocycles. The van der Waals surface area contributed by atoms with Crippen LogP contribution in [-0.4, -0.2) is 23.9 Å². The van der Waals surface area contributed by atoms with Crippen molar-refractivity contribution in [3.05, 3.63) is 0 Å². The van der Waals surface area contributed by atoms with E-state index >= 15 is 0 Å². The van der Waals surface area contributed by atoms with Gasteiger partial charge in [-0.05, 0) is 98.7 Å². The van der Waals surface area contributed by atoms with Gasteiger partial charge in [-0.2, -0.15) is 0 Å². The van der Waals surface area contributed by atoms with Crippen molar-refractivity contribution in [1.82, 2.24) is 0 Å². The lowest BCUT2D eigenvalue weighted by Crippen LogP contribution is -2.65. The van der Waals surface area contributed by atoms with Crippen molar-refractivity contribution in [3.8, 4) is 0 Å². The standard InChI is InChI=1S/C24H28O6/c25-21-13-5-1-9-10-2-6-15-20-16(24(28)30-23(15)27)8-4-12(18(10)20)11-3-7-14(22(26)29-21)19(13)17(9)11/h9-20H,1-8H2/t9-,10+,11?,12?,13-,14+,15?,16?,17?,18?,19?,20?/m0/s1. The Morgan fingerprint density at radius 2 is 0.667 bits per heavy atom. The van der Waals surface area contributed by atoms with Crippen LogP contribution in [0.3, 0.4) is 0 Å². The number of hydrogen-bond acceptors (Lipinski definition) is 6. The van der Waals surface area contributed by atoms with Crippen LogP contribution in [0.2, 0.25) is 0 Å². The third-order valence-corrected chi connectivity index (χ3v) is 10.7. The maximum atomic E-state index is 12.6. The summed E-state index contributed by atoms with van der Waals surface area (Å²) in [6, 6.07) is 0. The lowest BCUT2D eigenvalue weighted by atomic mass is 9.38. The number of fused-ring (bicyclic) bond motifs is 2. The van der Waals surface area contributed by atoms with E-state index in [2.05, 4.69) is 0 Å². The number of hydrogen-bond donors (Lipinski definition) is 0. The van der Waals surface area contributed by atoms with Crippen LogP contribution in [-0.2, 0) is 28.7 Å². The molecule has 7 fully saturated rings. The molecule has 2 aliphatic heterocycles. The molecular weight excluding hydrogens is 384 g/mol. The summed E-state index contributed by atoms with van der Waals surface area (Å²) < 4.78 is 10.3. The summed E-state index contributed by atoms with van der Waals surface area (Å²) in [5.41, 5.74) is 0. The largest absolute Gasteiger partial charge is 0.393 e. The van der Waals surface area contributed by atoms with Crippen LogP contribution in [0.5, 0.6) is 0 Å². The van der Waals surface area contributed by atoms with Crippen molar-refractivity contribution in [2.75, 3.05) is 0 Å². The quantitative estimate of drug-likeness (QED) is 0.449. The summed E-state index contributed by atoms with van der Waals surface area (Å²) in [5.74, 6) is 1.72. The molecule has 2 saturated heterocycles. The van der Waals surface area contributed by atoms with Crippen molar-refractivity contribution >= 4 is 23.9 Å². The van der Waals surface area contributed by atoms with Gasteiger partial charge in [0.2, 0.25) is 0 Å². The Morgan fingerprint density at radius 1 is 0.400 bits per heavy atom. The van der Waals surface area contributed by atoms with Crippen LogP contribution in [0, 0.1) is 71.0 Å². The molecule has 5 aliphatic carbocycles. The zero-order valence-electron chi connectivity index (χ0n) is 17.0. The second-order valence-electron chi connectivity index (χ2n) is 11.2. The van der Waals surface area contributed by atoms with Crippen molar-refractivity contribution in [1.29, 1.82) is 0 Å². The van der Waals surface area contributed by atoms with Gasteiger partial charge < -0.3 is 9.47 Å². The van der Waals surface area contributed by atoms with Gasteiger partial charge in [-0.15, -0.1) is 0 Å². The van der Waals surface area contributed by atoms with Gasteiger partial charge in [-0.3, -0.25) is 19.2 Å². The Kier molecular flexibility index (Phi) is 3.55. The van der Waals surface area contributed by atoms with E-state index in [0.717, 1.165) is 51.4 Å². The van der Waals surface area contributed by atoms with Gasteiger partial charge in [0.05, 0.1) is 23.7 Å². The van der Waals surface area contributed by atoms with E-state index in [-0.39, 0.29) is 59.4 Å². The highest BCUT2D eigenvalue weighted by atomic mass is 16.6. The lowest BCUT2D eigenvalue weighted by molar-refractivity contribution is -0.222. The van der Waals surface area contributed by atoms with Crippen LogP contribution in [0.4, 0.5) is 0 Å². The zero-order chi connectivity index (χ0) is 20.3. The molecular formula is C24H28O6. The van der Waals surface area contributed by atoms with Gasteiger partial charge in [0.1, 0.15) is 0 Å². The van der Waals surface area contributed by atoms with Gasteiger partial charge >= 0.3 is 23.9 Å². The molecule has 5 saturated carbocycles. The minimum Gasteiger partial charge on any atom is -0.393 e. The van der Waals surface area contributed by atoms with Crippen LogP contribution in [0.25, 0.3) is 0 Å². The van der Waals surface area contributed by atoms with Crippen LogP contribution in [0.1, 0.15) is 51.4 Å². The lowest BCUT2D eigenvalue weighted by Gasteiger charge is -2.66. The highest BCUT2D eigenvalue weighted by Gasteiger charge is 2.67. The molecule has 0 spiro atoms. The first-order chi connectivity index (χ1) is 14.5. The fourth-order valence-electron chi connectivity index (χ4n) is 10.0. The molecule has 8 unspecified atom stereocenters. The average Bonchev–Trinajstić information content (AvgIpc) is 2.74. The van der Waals surface area contributed by atoms with Crippen LogP contribution >= 0.6 is 0 Å². The van der Waals surface area contributed by atoms with E-state index in [1.54, 1.807) is 0 Å². The Bertz CT molecular complexity index is 730. The minimum atomic E-state index is -0.282. The molecule has 0 bridgehead atoms. The molecule has 6 nitrogen and oxygen atoms in total. The SMILES string of the molecule is O=C1OC(=O)C2CC[C@H]3C4C(CCC1C24)C1CC[C@H]2C(=O)OC(=O)[C@H]4CC[C@@H]3C1C42. The maximum absolute atomic E-state index is 12.6. The van der Waals surface area contributed by atoms with Gasteiger partial charge in [0.15, 0.2) is 0 Å². The molecule has 6 heteroatoms. The average molecular weight is 412 g/mol. The predicted octanol–water partition coefficient (Wildman–Crippen LogP) is 2.74. The van der Waals surface area contributed by atoms with Gasteiger partial charge in [-0.1, -0.05) is 0 Å². The molecule has 7 aliphatic rings. The van der Waals surface area contributed by atoms with Crippen molar-refractivity contribution in [3.63, 3.8) is 0 Å². The fraction of sp³-hybridized carbons (Fsp3) is 0.833. The number of carbonyl (C=O) groups is 4. The van der Waals surface area contributed by atoms with E-state index in [9.17, 15) is 19.2 Å². The van der Waals surface area contributed by atoms with E-state index in [0.29, 0.717) is 35.5 Å². The van der Waals surface area contributed by atoms with E-state index < -0.39 is 0 Å². The highest BCUT2D eigenvalue weighted by Crippen LogP contribution is 2.68. The summed E-state index contributed by atoms with van der Waals surface area (Å²) in [5, 5.41) is 0. The molecule has 0 amide bonds. The number of ether oxygens (including phenoxy) is 2. The van der Waals surface area contributed by atoms with Gasteiger partial charge in [0.25, 0.3) is 0 Å². The summed E-state index contributed by atoms with van der Waals surface area (Å²) in [7, 11) is 0. The third-order valence-electron chi connectivity index (χ3n) is 10.7. The first-order valence-corrected chi connectivity index (χ1v) is 12.1. The van der Waals surface area contributed by atoms with Gasteiger partial charge in [0, 0.05) is 0 Å². The highest BCUT2D eigenvalue weighted by molar-refractivity contribution is 5.92. The molecule has 7 rings (SSSR count). The molecule has 30 heavy (non-hydrogen) atoms. The first-order valence-electron chi connectivity index (χ1n) is 12.1. The summed E-state index contributed by atoms with van der Waals surface area (Å²) >= 11 is 0. The van der Waals surface area contributed by atoms with Gasteiger partial charge in [-0.25, -0.2) is 0 Å². The number of esters is 4. The Hall–Kier alpha value is -1.72. The Labute approximate surface area is 175 Å². The van der Waals surface area contributed by atoms with Crippen LogP contribution in [0.15, 0.2) is 0 Å². The second kappa shape index (κ2) is 5.95. The monoisotopic (exact) mass is 412 g/mol. The molecule has 0 N–H and O–H groups in total. The van der Waals surface area contributed by atoms with Crippen molar-refractivity contribution < 1.29 is 28.7 Å². The zero-order valence-corrected chi connectivity index (χ0v) is 17.0. The molecule has 0 aromatic carbocycles. The second-order valence-corrected chi connectivity index (χ2v) is 11.2. The Balaban J connectivity index is 1.31. The van der Waals surface area contributed by atoms with E-state index in [1.165, 1.54) is 0 Å². The van der Waals surface area contributed by atoms with E-state index in [4.69, 9.17) is 9.47 Å². The predicted molar refractivity (Wildman–Crippen MR) is 101 cm³/mol. The van der Waals surface area contributed by atoms with Crippen LogP contribution < -0.4 is 0 Å². The summed E-state index contributed by atoms with van der Waals surface area (Å²) in [6.07, 6.45) is 7.39. The molecule has 0 aromatic rings. The summed E-state index contributed by atoms with van der Waals surface area (Å²) in [4.78, 5) is 50.2. The van der Waals surface area contributed by atoms with Crippen molar-refractivity contribution in [2.24, 2.45) is 71.0 Å². The number of carbonyl (C=O) groups excluding carboxylic acids is 4.